The maximum absolute atomic E-state index is 4.68. The van der Waals surface area contributed by atoms with Crippen LogP contribution in [-0.4, -0.2) is 28.4 Å². The normalized spacial score (nSPS) is 11.1. The number of hydrogen-bond donors (Lipinski definition) is 0. The van der Waals surface area contributed by atoms with Crippen molar-refractivity contribution in [1.29, 1.82) is 0 Å². The average molecular weight is 375 g/mol. The van der Waals surface area contributed by atoms with Gasteiger partial charge < -0.3 is 42.6 Å². The van der Waals surface area contributed by atoms with Crippen molar-refractivity contribution < 1.29 is 34.6 Å². The molecule has 0 aromatic rings. The summed E-state index contributed by atoms with van der Waals surface area (Å²) < 4.78 is 18.6. The Bertz CT molecular complexity index is 201. The summed E-state index contributed by atoms with van der Waals surface area (Å²) in [6.45, 7) is 0. The van der Waals surface area contributed by atoms with E-state index in [2.05, 4.69) is 66.2 Å². The molecule has 0 amide bonds. The van der Waals surface area contributed by atoms with Crippen LogP contribution in [0.25, 0.3) is 0 Å². The summed E-state index contributed by atoms with van der Waals surface area (Å²) >= 11 is 17.1. The van der Waals surface area contributed by atoms with Crippen molar-refractivity contribution in [2.75, 3.05) is 28.4 Å². The Hall–Kier alpha value is 2.33. The molecule has 0 rings (SSSR count). The van der Waals surface area contributed by atoms with Crippen LogP contribution in [0.2, 0.25) is 0 Å². The van der Waals surface area contributed by atoms with Gasteiger partial charge in [0.25, 0.3) is 0 Å². The molecule has 0 spiro atoms. The molecule has 0 aliphatic carbocycles. The Morgan fingerprint density at radius 3 is 0.867 bits per heavy atom. The SMILES string of the molecule is COP([S-])(=[SH+])OC.COP([S-])(=[SH+])OC.[Ni+2]. The van der Waals surface area contributed by atoms with Crippen LogP contribution in [0.3, 0.4) is 0 Å². The summed E-state index contributed by atoms with van der Waals surface area (Å²) in [5.41, 5.74) is -4.25. The van der Waals surface area contributed by atoms with Crippen molar-refractivity contribution in [2.45, 2.75) is 0 Å². The Balaban J connectivity index is -0.000000180. The van der Waals surface area contributed by atoms with Gasteiger partial charge in [-0.05, 0) is 0 Å². The van der Waals surface area contributed by atoms with E-state index in [0.717, 1.165) is 0 Å². The van der Waals surface area contributed by atoms with Gasteiger partial charge in [-0.15, -0.1) is 0 Å². The molecular formula is C4H14NiO4P2S4+2. The second kappa shape index (κ2) is 11.4. The fourth-order valence-corrected chi connectivity index (χ4v) is 0.447. The molecule has 0 N–H and O–H groups in total. The molecule has 4 nitrogen and oxygen atoms in total. The Kier molecular flexibility index (Phi) is 17.1. The van der Waals surface area contributed by atoms with Gasteiger partial charge in [0.05, 0.1) is 0 Å². The Labute approximate surface area is 122 Å². The van der Waals surface area contributed by atoms with Crippen LogP contribution in [0.4, 0.5) is 0 Å². The standard InChI is InChI=1S/2C2H7O2PS2.Ni/c2*1-3-5(6,7)4-2;/h2*1-2H3,(H,6,7);/q;;+2. The molecule has 0 saturated carbocycles. The van der Waals surface area contributed by atoms with E-state index in [9.17, 15) is 0 Å². The fraction of sp³-hybridized carbons (Fsp3) is 1.00. The topological polar surface area (TPSA) is 36.9 Å². The van der Waals surface area contributed by atoms with Gasteiger partial charge in [-0.3, -0.25) is 0 Å². The van der Waals surface area contributed by atoms with Crippen LogP contribution in [0, 0.1) is 0 Å². The first kappa shape index (κ1) is 22.5. The molecule has 0 bridgehead atoms. The average Bonchev–Trinajstić information content (AvgIpc) is 2.19. The molecular weight excluding hydrogens is 361 g/mol. The largest absolute Gasteiger partial charge is 2.00 e. The molecule has 96 valence electrons. The molecule has 0 aromatic heterocycles. The van der Waals surface area contributed by atoms with Crippen molar-refractivity contribution in [3.8, 4) is 0 Å². The van der Waals surface area contributed by atoms with E-state index >= 15 is 0 Å². The van der Waals surface area contributed by atoms with E-state index in [1.807, 2.05) is 0 Å². The maximum atomic E-state index is 4.68. The summed E-state index contributed by atoms with van der Waals surface area (Å²) in [7, 11) is 5.93. The molecule has 0 atom stereocenters. The van der Waals surface area contributed by atoms with Gasteiger partial charge in [-0.1, -0.05) is 0 Å². The van der Waals surface area contributed by atoms with Crippen LogP contribution < -0.4 is 0 Å². The monoisotopic (exact) mass is 374 g/mol. The van der Waals surface area contributed by atoms with E-state index in [1.54, 1.807) is 0 Å². The van der Waals surface area contributed by atoms with Gasteiger partial charge in [0.15, 0.2) is 23.6 Å². The Morgan fingerprint density at radius 1 is 0.733 bits per heavy atom. The van der Waals surface area contributed by atoms with Crippen molar-refractivity contribution in [1.82, 2.24) is 0 Å². The molecule has 0 heterocycles. The summed E-state index contributed by atoms with van der Waals surface area (Å²) in [5, 5.41) is 0. The maximum Gasteiger partial charge on any atom is 2.00 e. The van der Waals surface area contributed by atoms with E-state index in [0.29, 0.717) is 0 Å². The quantitative estimate of drug-likeness (QED) is 0.244. The van der Waals surface area contributed by atoms with E-state index in [4.69, 9.17) is 0 Å². The first-order valence-electron chi connectivity index (χ1n) is 3.13. The van der Waals surface area contributed by atoms with Gasteiger partial charge in [0, 0.05) is 28.4 Å². The third kappa shape index (κ3) is 16.3. The van der Waals surface area contributed by atoms with Crippen LogP contribution in [0.5, 0.6) is 0 Å². The first-order chi connectivity index (χ1) is 6.24. The summed E-state index contributed by atoms with van der Waals surface area (Å²) in [6.07, 6.45) is 0. The van der Waals surface area contributed by atoms with Gasteiger partial charge in [-0.25, -0.2) is 0 Å². The minimum absolute atomic E-state index is 0. The number of hydrogen-bond acceptors (Lipinski definition) is 6. The summed E-state index contributed by atoms with van der Waals surface area (Å²) in [4.78, 5) is 0. The second-order valence-corrected chi connectivity index (χ2v) is 12.7. The molecule has 0 fully saturated rings. The molecule has 0 radical (unpaired) electrons. The molecule has 15 heavy (non-hydrogen) atoms. The van der Waals surface area contributed by atoms with Crippen LogP contribution >= 0.6 is 11.4 Å². The van der Waals surface area contributed by atoms with E-state index in [1.165, 1.54) is 28.4 Å². The smallest absolute Gasteiger partial charge is 0.640 e. The molecule has 0 unspecified atom stereocenters. The van der Waals surface area contributed by atoms with Gasteiger partial charge >= 0.3 is 16.5 Å². The van der Waals surface area contributed by atoms with Gasteiger partial charge in [-0.2, -0.15) is 0 Å². The first-order valence-corrected chi connectivity index (χ1v) is 10.7. The molecule has 11 heteroatoms. The van der Waals surface area contributed by atoms with Crippen LogP contribution in [0.15, 0.2) is 0 Å². The van der Waals surface area contributed by atoms with Crippen molar-refractivity contribution in [3.63, 3.8) is 0 Å². The van der Waals surface area contributed by atoms with Crippen molar-refractivity contribution >= 4 is 59.5 Å². The second-order valence-electron chi connectivity index (χ2n) is 1.67. The van der Waals surface area contributed by atoms with Crippen molar-refractivity contribution in [2.24, 2.45) is 0 Å². The zero-order valence-corrected chi connectivity index (χ0v) is 14.8. The predicted molar refractivity (Wildman–Crippen MR) is 74.1 cm³/mol. The van der Waals surface area contributed by atoms with E-state index < -0.39 is 11.4 Å². The third-order valence-corrected chi connectivity index (χ3v) is 6.52. The summed E-state index contributed by atoms with van der Waals surface area (Å²) in [6, 6.07) is 0. The van der Waals surface area contributed by atoms with Crippen LogP contribution in [-0.2, 0) is 82.7 Å². The van der Waals surface area contributed by atoms with Crippen LogP contribution in [0.1, 0.15) is 0 Å². The zero-order valence-electron chi connectivity index (χ0n) is 8.55. The minimum atomic E-state index is -2.13. The minimum Gasteiger partial charge on any atom is -0.640 e. The van der Waals surface area contributed by atoms with Gasteiger partial charge in [0.1, 0.15) is 0 Å². The Morgan fingerprint density at radius 2 is 0.867 bits per heavy atom. The van der Waals surface area contributed by atoms with E-state index in [-0.39, 0.29) is 16.5 Å². The predicted octanol–water partition coefficient (Wildman–Crippen LogP) is 1.56. The zero-order chi connectivity index (χ0) is 11.8. The number of rotatable bonds is 4. The number of thiol groups is 2. The summed E-state index contributed by atoms with van der Waals surface area (Å²) in [5.74, 6) is 0. The molecule has 0 aliphatic heterocycles. The molecule has 0 aliphatic rings. The molecule has 0 aromatic carbocycles. The fourth-order valence-electron chi connectivity index (χ4n) is 0.149. The van der Waals surface area contributed by atoms with Gasteiger partial charge in [0.2, 0.25) is 11.4 Å². The van der Waals surface area contributed by atoms with Crippen molar-refractivity contribution in [3.05, 3.63) is 0 Å². The third-order valence-electron chi connectivity index (χ3n) is 0.923. The molecule has 0 saturated heterocycles.